The number of carbonyl (C=O) groups excluding carboxylic acids is 1. The summed E-state index contributed by atoms with van der Waals surface area (Å²) in [6, 6.07) is 5.46. The fraction of sp³-hybridized carbons (Fsp3) is 0.357. The summed E-state index contributed by atoms with van der Waals surface area (Å²) in [6.45, 7) is 5.13. The molecule has 0 saturated heterocycles. The molecule has 4 nitrogen and oxygen atoms in total. The Balaban J connectivity index is 2.92. The standard InChI is InChI=1S/C14H17NO3S/c1-5-9-19(17,18)12(4)14(16)15-13-8-6-7-10(2)11(13)3/h1,6-8,12H,9H2,2-4H3,(H,15,16). The fourth-order valence-corrected chi connectivity index (χ4v) is 2.39. The molecule has 0 aliphatic rings. The van der Waals surface area contributed by atoms with Crippen LogP contribution in [-0.4, -0.2) is 25.3 Å². The van der Waals surface area contributed by atoms with Gasteiger partial charge in [-0.2, -0.15) is 0 Å². The summed E-state index contributed by atoms with van der Waals surface area (Å²) in [7, 11) is -3.60. The van der Waals surface area contributed by atoms with E-state index in [-0.39, 0.29) is 0 Å². The Hall–Kier alpha value is -1.80. The maximum Gasteiger partial charge on any atom is 0.242 e. The highest BCUT2D eigenvalue weighted by molar-refractivity contribution is 7.93. The summed E-state index contributed by atoms with van der Waals surface area (Å²) in [5.41, 5.74) is 2.56. The Bertz CT molecular complexity index is 627. The second-order valence-corrected chi connectivity index (χ2v) is 6.71. The van der Waals surface area contributed by atoms with Crippen LogP contribution in [0.3, 0.4) is 0 Å². The lowest BCUT2D eigenvalue weighted by Crippen LogP contribution is -2.34. The monoisotopic (exact) mass is 279 g/mol. The number of hydrogen-bond donors (Lipinski definition) is 1. The van der Waals surface area contributed by atoms with Gasteiger partial charge in [0, 0.05) is 5.69 Å². The minimum atomic E-state index is -3.60. The molecular formula is C14H17NO3S. The van der Waals surface area contributed by atoms with Crippen molar-refractivity contribution in [1.29, 1.82) is 0 Å². The third kappa shape index (κ3) is 3.58. The van der Waals surface area contributed by atoms with E-state index in [0.717, 1.165) is 11.1 Å². The van der Waals surface area contributed by atoms with Gasteiger partial charge in [-0.05, 0) is 38.0 Å². The Kier molecular flexibility index (Phi) is 4.73. The van der Waals surface area contributed by atoms with Crippen molar-refractivity contribution in [2.45, 2.75) is 26.0 Å². The smallest absolute Gasteiger partial charge is 0.242 e. The highest BCUT2D eigenvalue weighted by atomic mass is 32.2. The van der Waals surface area contributed by atoms with Gasteiger partial charge in [-0.15, -0.1) is 6.42 Å². The van der Waals surface area contributed by atoms with Gasteiger partial charge in [0.2, 0.25) is 5.91 Å². The van der Waals surface area contributed by atoms with Crippen LogP contribution in [0.4, 0.5) is 5.69 Å². The van der Waals surface area contributed by atoms with Gasteiger partial charge in [-0.25, -0.2) is 8.42 Å². The summed E-state index contributed by atoms with van der Waals surface area (Å²) < 4.78 is 23.4. The summed E-state index contributed by atoms with van der Waals surface area (Å²) >= 11 is 0. The van der Waals surface area contributed by atoms with Gasteiger partial charge in [0.25, 0.3) is 0 Å². The van der Waals surface area contributed by atoms with Crippen molar-refractivity contribution in [2.24, 2.45) is 0 Å². The summed E-state index contributed by atoms with van der Waals surface area (Å²) in [5, 5.41) is 1.47. The number of benzene rings is 1. The zero-order valence-corrected chi connectivity index (χ0v) is 12.0. The lowest BCUT2D eigenvalue weighted by molar-refractivity contribution is -0.115. The minimum Gasteiger partial charge on any atom is -0.325 e. The van der Waals surface area contributed by atoms with Gasteiger partial charge in [0.05, 0.1) is 0 Å². The zero-order chi connectivity index (χ0) is 14.6. The average Bonchev–Trinajstić information content (AvgIpc) is 2.33. The van der Waals surface area contributed by atoms with Gasteiger partial charge in [-0.3, -0.25) is 4.79 Å². The first-order chi connectivity index (χ1) is 8.79. The van der Waals surface area contributed by atoms with E-state index >= 15 is 0 Å². The van der Waals surface area contributed by atoms with Crippen LogP contribution in [0.5, 0.6) is 0 Å². The van der Waals surface area contributed by atoms with Crippen molar-refractivity contribution in [3.63, 3.8) is 0 Å². The molecule has 0 fully saturated rings. The van der Waals surface area contributed by atoms with Crippen LogP contribution in [-0.2, 0) is 14.6 Å². The van der Waals surface area contributed by atoms with Gasteiger partial charge < -0.3 is 5.32 Å². The highest BCUT2D eigenvalue weighted by Gasteiger charge is 2.27. The first kappa shape index (κ1) is 15.3. The van der Waals surface area contributed by atoms with Crippen molar-refractivity contribution in [2.75, 3.05) is 11.1 Å². The van der Waals surface area contributed by atoms with Crippen molar-refractivity contribution in [1.82, 2.24) is 0 Å². The maximum absolute atomic E-state index is 11.9. The molecule has 0 spiro atoms. The number of rotatable bonds is 4. The van der Waals surface area contributed by atoms with Crippen LogP contribution in [0.1, 0.15) is 18.1 Å². The number of aryl methyl sites for hydroxylation is 1. The van der Waals surface area contributed by atoms with Gasteiger partial charge in [-0.1, -0.05) is 18.1 Å². The van der Waals surface area contributed by atoms with Crippen LogP contribution in [0, 0.1) is 26.2 Å². The van der Waals surface area contributed by atoms with Crippen LogP contribution in [0.15, 0.2) is 18.2 Å². The number of terminal acetylenes is 1. The molecule has 0 aliphatic heterocycles. The molecule has 0 radical (unpaired) electrons. The number of anilines is 1. The van der Waals surface area contributed by atoms with E-state index in [1.165, 1.54) is 6.92 Å². The first-order valence-corrected chi connectivity index (χ1v) is 7.53. The molecular weight excluding hydrogens is 262 g/mol. The summed E-state index contributed by atoms with van der Waals surface area (Å²) in [5.74, 6) is 1.06. The Morgan fingerprint density at radius 3 is 2.63 bits per heavy atom. The first-order valence-electron chi connectivity index (χ1n) is 5.81. The molecule has 19 heavy (non-hydrogen) atoms. The van der Waals surface area contributed by atoms with Crippen LogP contribution in [0.25, 0.3) is 0 Å². The lowest BCUT2D eigenvalue weighted by Gasteiger charge is -2.14. The average molecular weight is 279 g/mol. The van der Waals surface area contributed by atoms with Crippen molar-refractivity contribution < 1.29 is 13.2 Å². The molecule has 102 valence electrons. The SMILES string of the molecule is C#CCS(=O)(=O)C(C)C(=O)Nc1cccc(C)c1C. The minimum absolute atomic E-state index is 0.436. The Morgan fingerprint density at radius 2 is 2.05 bits per heavy atom. The molecule has 1 aromatic carbocycles. The quantitative estimate of drug-likeness (QED) is 0.853. The van der Waals surface area contributed by atoms with Gasteiger partial charge in [0.1, 0.15) is 11.0 Å². The molecule has 0 heterocycles. The summed E-state index contributed by atoms with van der Waals surface area (Å²) in [6.07, 6.45) is 4.99. The van der Waals surface area contributed by atoms with E-state index in [9.17, 15) is 13.2 Å². The van der Waals surface area contributed by atoms with Crippen molar-refractivity contribution >= 4 is 21.4 Å². The van der Waals surface area contributed by atoms with Crippen molar-refractivity contribution in [3.8, 4) is 12.3 Å². The molecule has 1 aromatic rings. The molecule has 1 rings (SSSR count). The molecule has 5 heteroatoms. The van der Waals surface area contributed by atoms with Crippen molar-refractivity contribution in [3.05, 3.63) is 29.3 Å². The van der Waals surface area contributed by atoms with E-state index in [0.29, 0.717) is 5.69 Å². The number of nitrogens with one attached hydrogen (secondary N) is 1. The Labute approximate surface area is 114 Å². The summed E-state index contributed by atoms with van der Waals surface area (Å²) in [4.78, 5) is 11.9. The number of sulfone groups is 1. The fourth-order valence-electron chi connectivity index (χ4n) is 1.53. The number of amides is 1. The second-order valence-electron chi connectivity index (χ2n) is 4.39. The van der Waals surface area contributed by atoms with Crippen LogP contribution in [0.2, 0.25) is 0 Å². The normalized spacial score (nSPS) is 12.5. The molecule has 1 amide bonds. The Morgan fingerprint density at radius 1 is 1.42 bits per heavy atom. The molecule has 1 N–H and O–H groups in total. The number of carbonyl (C=O) groups is 1. The van der Waals surface area contributed by atoms with E-state index in [1.807, 2.05) is 19.9 Å². The molecule has 1 unspecified atom stereocenters. The third-order valence-electron chi connectivity index (χ3n) is 3.05. The largest absolute Gasteiger partial charge is 0.325 e. The van der Waals surface area contributed by atoms with Crippen LogP contribution < -0.4 is 5.32 Å². The lowest BCUT2D eigenvalue weighted by atomic mass is 10.1. The molecule has 0 aromatic heterocycles. The van der Waals surface area contributed by atoms with E-state index in [1.54, 1.807) is 12.1 Å². The van der Waals surface area contributed by atoms with E-state index in [2.05, 4.69) is 11.2 Å². The van der Waals surface area contributed by atoms with Gasteiger partial charge in [0.15, 0.2) is 9.84 Å². The molecule has 0 saturated carbocycles. The molecule has 1 atom stereocenters. The van der Waals surface area contributed by atoms with E-state index < -0.39 is 26.7 Å². The predicted molar refractivity (Wildman–Crippen MR) is 76.6 cm³/mol. The molecule has 0 bridgehead atoms. The van der Waals surface area contributed by atoms with E-state index in [4.69, 9.17) is 6.42 Å². The second kappa shape index (κ2) is 5.89. The number of hydrogen-bond acceptors (Lipinski definition) is 3. The van der Waals surface area contributed by atoms with Gasteiger partial charge >= 0.3 is 0 Å². The van der Waals surface area contributed by atoms with Crippen LogP contribution >= 0.6 is 0 Å². The zero-order valence-electron chi connectivity index (χ0n) is 11.2. The maximum atomic E-state index is 11.9. The topological polar surface area (TPSA) is 63.2 Å². The predicted octanol–water partition coefficient (Wildman–Crippen LogP) is 1.68. The molecule has 0 aliphatic carbocycles. The highest BCUT2D eigenvalue weighted by Crippen LogP contribution is 2.18. The third-order valence-corrected chi connectivity index (χ3v) is 4.92.